The minimum Gasteiger partial charge on any atom is -0.494 e. The van der Waals surface area contributed by atoms with Crippen LogP contribution in [0.4, 0.5) is 0 Å². The third kappa shape index (κ3) is 4.96. The molecule has 0 aromatic heterocycles. The van der Waals surface area contributed by atoms with E-state index >= 15 is 0 Å². The Morgan fingerprint density at radius 1 is 1.39 bits per heavy atom. The molecule has 3 N–H and O–H groups in total. The van der Waals surface area contributed by atoms with Crippen LogP contribution in [0.25, 0.3) is 0 Å². The number of rotatable bonds is 7. The summed E-state index contributed by atoms with van der Waals surface area (Å²) in [5.74, 6) is 0.503. The van der Waals surface area contributed by atoms with Gasteiger partial charge in [0, 0.05) is 19.6 Å². The van der Waals surface area contributed by atoms with Gasteiger partial charge in [0.2, 0.25) is 11.8 Å². The van der Waals surface area contributed by atoms with Crippen molar-refractivity contribution in [1.29, 1.82) is 0 Å². The lowest BCUT2D eigenvalue weighted by molar-refractivity contribution is -0.124. The summed E-state index contributed by atoms with van der Waals surface area (Å²) >= 11 is 0. The molecule has 1 saturated heterocycles. The number of hydrogen-bond donors (Lipinski definition) is 2. The van der Waals surface area contributed by atoms with Crippen LogP contribution < -0.4 is 15.8 Å². The van der Waals surface area contributed by atoms with Crippen molar-refractivity contribution in [2.75, 3.05) is 26.2 Å². The van der Waals surface area contributed by atoms with Gasteiger partial charge in [-0.3, -0.25) is 14.5 Å². The van der Waals surface area contributed by atoms with Crippen molar-refractivity contribution in [3.05, 3.63) is 29.8 Å². The zero-order chi connectivity index (χ0) is 16.8. The molecule has 1 aliphatic rings. The Balaban J connectivity index is 1.79. The van der Waals surface area contributed by atoms with Crippen LogP contribution in [-0.2, 0) is 16.1 Å². The second-order valence-electron chi connectivity index (χ2n) is 6.04. The Morgan fingerprint density at radius 3 is 2.83 bits per heavy atom. The maximum absolute atomic E-state index is 12.1. The highest BCUT2D eigenvalue weighted by atomic mass is 16.5. The fraction of sp³-hybridized carbons (Fsp3) is 0.529. The Hall–Kier alpha value is -2.08. The van der Waals surface area contributed by atoms with Crippen LogP contribution in [0, 0.1) is 11.8 Å². The number of ether oxygens (including phenoxy) is 1. The summed E-state index contributed by atoms with van der Waals surface area (Å²) in [7, 11) is 0. The maximum Gasteiger partial charge on any atom is 0.234 e. The first kappa shape index (κ1) is 17.3. The first-order chi connectivity index (χ1) is 11.0. The fourth-order valence-electron chi connectivity index (χ4n) is 2.94. The lowest BCUT2D eigenvalue weighted by Gasteiger charge is -2.15. The molecule has 0 unspecified atom stereocenters. The second kappa shape index (κ2) is 7.97. The fourth-order valence-corrected chi connectivity index (χ4v) is 2.94. The summed E-state index contributed by atoms with van der Waals surface area (Å²) < 4.78 is 5.44. The molecule has 1 heterocycles. The molecule has 126 valence electrons. The average molecular weight is 319 g/mol. The van der Waals surface area contributed by atoms with Crippen LogP contribution >= 0.6 is 0 Å². The van der Waals surface area contributed by atoms with Crippen LogP contribution in [0.1, 0.15) is 19.4 Å². The summed E-state index contributed by atoms with van der Waals surface area (Å²) in [4.78, 5) is 25.4. The SMILES string of the molecule is CCOc1cccc(CNC(=O)CN2C[C@@H](C)[C@H](C(N)=O)C2)c1. The lowest BCUT2D eigenvalue weighted by atomic mass is 9.98. The monoisotopic (exact) mass is 319 g/mol. The van der Waals surface area contributed by atoms with Gasteiger partial charge in [0.1, 0.15) is 5.75 Å². The van der Waals surface area contributed by atoms with Gasteiger partial charge in [-0.05, 0) is 30.5 Å². The molecule has 1 aliphatic heterocycles. The second-order valence-corrected chi connectivity index (χ2v) is 6.04. The highest BCUT2D eigenvalue weighted by Gasteiger charge is 2.33. The predicted molar refractivity (Wildman–Crippen MR) is 87.7 cm³/mol. The molecule has 1 fully saturated rings. The first-order valence-corrected chi connectivity index (χ1v) is 7.99. The normalized spacial score (nSPS) is 21.1. The van der Waals surface area contributed by atoms with E-state index in [9.17, 15) is 9.59 Å². The van der Waals surface area contributed by atoms with Gasteiger partial charge in [-0.2, -0.15) is 0 Å². The average Bonchev–Trinajstić information content (AvgIpc) is 2.87. The van der Waals surface area contributed by atoms with Crippen molar-refractivity contribution in [2.24, 2.45) is 17.6 Å². The van der Waals surface area contributed by atoms with Crippen molar-refractivity contribution in [1.82, 2.24) is 10.2 Å². The predicted octanol–water partition coefficient (Wildman–Crippen LogP) is 0.755. The molecule has 6 nitrogen and oxygen atoms in total. The molecule has 0 saturated carbocycles. The van der Waals surface area contributed by atoms with Crippen molar-refractivity contribution < 1.29 is 14.3 Å². The minimum absolute atomic E-state index is 0.0517. The van der Waals surface area contributed by atoms with E-state index in [2.05, 4.69) is 5.32 Å². The van der Waals surface area contributed by atoms with Gasteiger partial charge in [-0.1, -0.05) is 19.1 Å². The largest absolute Gasteiger partial charge is 0.494 e. The van der Waals surface area contributed by atoms with Gasteiger partial charge in [-0.25, -0.2) is 0 Å². The van der Waals surface area contributed by atoms with E-state index < -0.39 is 0 Å². The number of carbonyl (C=O) groups excluding carboxylic acids is 2. The molecule has 0 bridgehead atoms. The number of likely N-dealkylation sites (tertiary alicyclic amines) is 1. The Labute approximate surface area is 137 Å². The number of primary amides is 1. The van der Waals surface area contributed by atoms with Crippen molar-refractivity contribution in [3.8, 4) is 5.75 Å². The molecule has 0 aliphatic carbocycles. The number of carbonyl (C=O) groups is 2. The highest BCUT2D eigenvalue weighted by Crippen LogP contribution is 2.22. The lowest BCUT2D eigenvalue weighted by Crippen LogP contribution is -2.36. The van der Waals surface area contributed by atoms with E-state index in [-0.39, 0.29) is 23.7 Å². The Morgan fingerprint density at radius 2 is 2.17 bits per heavy atom. The van der Waals surface area contributed by atoms with Crippen LogP contribution in [0.15, 0.2) is 24.3 Å². The standard InChI is InChI=1S/C17H25N3O3/c1-3-23-14-6-4-5-13(7-14)8-19-16(21)11-20-9-12(2)15(10-20)17(18)22/h4-7,12,15H,3,8-11H2,1-2H3,(H2,18,22)(H,19,21)/t12-,15-/m1/s1. The Bertz CT molecular complexity index is 562. The molecule has 1 aromatic carbocycles. The molecule has 2 rings (SSSR count). The van der Waals surface area contributed by atoms with Gasteiger partial charge in [0.25, 0.3) is 0 Å². The minimum atomic E-state index is -0.284. The molecule has 0 radical (unpaired) electrons. The van der Waals surface area contributed by atoms with Crippen LogP contribution in [0.5, 0.6) is 5.75 Å². The van der Waals surface area contributed by atoms with E-state index in [4.69, 9.17) is 10.5 Å². The molecule has 2 atom stereocenters. The molecule has 23 heavy (non-hydrogen) atoms. The molecule has 1 aromatic rings. The summed E-state index contributed by atoms with van der Waals surface area (Å²) in [6, 6.07) is 7.67. The number of nitrogens with two attached hydrogens (primary N) is 1. The molecule has 2 amide bonds. The van der Waals surface area contributed by atoms with Gasteiger partial charge in [-0.15, -0.1) is 0 Å². The van der Waals surface area contributed by atoms with Crippen molar-refractivity contribution in [2.45, 2.75) is 20.4 Å². The topological polar surface area (TPSA) is 84.7 Å². The van der Waals surface area contributed by atoms with E-state index in [1.165, 1.54) is 0 Å². The van der Waals surface area contributed by atoms with Gasteiger partial charge in [0.15, 0.2) is 0 Å². The zero-order valence-corrected chi connectivity index (χ0v) is 13.7. The van der Waals surface area contributed by atoms with Crippen LogP contribution in [0.3, 0.4) is 0 Å². The maximum atomic E-state index is 12.1. The molecule has 0 spiro atoms. The number of amides is 2. The number of nitrogens with one attached hydrogen (secondary N) is 1. The summed E-state index contributed by atoms with van der Waals surface area (Å²) in [5.41, 5.74) is 6.37. The first-order valence-electron chi connectivity index (χ1n) is 7.99. The third-order valence-corrected chi connectivity index (χ3v) is 4.12. The van der Waals surface area contributed by atoms with Crippen molar-refractivity contribution in [3.63, 3.8) is 0 Å². The number of nitrogens with zero attached hydrogens (tertiary/aromatic N) is 1. The van der Waals surface area contributed by atoms with E-state index in [0.717, 1.165) is 17.9 Å². The Kier molecular flexibility index (Phi) is 5.98. The van der Waals surface area contributed by atoms with Crippen LogP contribution in [0.2, 0.25) is 0 Å². The number of hydrogen-bond acceptors (Lipinski definition) is 4. The van der Waals surface area contributed by atoms with Crippen molar-refractivity contribution >= 4 is 11.8 Å². The van der Waals surface area contributed by atoms with Crippen LogP contribution in [-0.4, -0.2) is 43.0 Å². The summed E-state index contributed by atoms with van der Waals surface area (Å²) in [5, 5.41) is 2.90. The third-order valence-electron chi connectivity index (χ3n) is 4.12. The quantitative estimate of drug-likeness (QED) is 0.777. The number of benzene rings is 1. The molecule has 6 heteroatoms. The van der Waals surface area contributed by atoms with Gasteiger partial charge in [0.05, 0.1) is 19.1 Å². The zero-order valence-electron chi connectivity index (χ0n) is 13.7. The highest BCUT2D eigenvalue weighted by molar-refractivity contribution is 5.79. The summed E-state index contributed by atoms with van der Waals surface area (Å²) in [6.45, 7) is 6.58. The van der Waals surface area contributed by atoms with E-state index in [1.807, 2.05) is 43.0 Å². The van der Waals surface area contributed by atoms with Gasteiger partial charge >= 0.3 is 0 Å². The van der Waals surface area contributed by atoms with E-state index in [0.29, 0.717) is 26.2 Å². The smallest absolute Gasteiger partial charge is 0.234 e. The van der Waals surface area contributed by atoms with E-state index in [1.54, 1.807) is 0 Å². The summed E-state index contributed by atoms with van der Waals surface area (Å²) in [6.07, 6.45) is 0. The molecular weight excluding hydrogens is 294 g/mol. The van der Waals surface area contributed by atoms with Gasteiger partial charge < -0.3 is 15.8 Å². The molecular formula is C17H25N3O3.